The first-order valence-electron chi connectivity index (χ1n) is 9.03. The zero-order valence-corrected chi connectivity index (χ0v) is 16.1. The van der Waals surface area contributed by atoms with Gasteiger partial charge in [0.05, 0.1) is 16.6 Å². The monoisotopic (exact) mass is 386 g/mol. The molecule has 0 N–H and O–H groups in total. The SMILES string of the molecule is CCC1CCc2c(sc3ncn4nc(CCn5cc(Cl)cn5)nc4c23)C1. The number of nitrogens with zero attached hydrogens (tertiary/aromatic N) is 6. The Balaban J connectivity index is 1.51. The summed E-state index contributed by atoms with van der Waals surface area (Å²) in [6.45, 7) is 3.00. The molecule has 8 heteroatoms. The molecule has 4 aromatic rings. The summed E-state index contributed by atoms with van der Waals surface area (Å²) < 4.78 is 3.64. The van der Waals surface area contributed by atoms with E-state index in [1.165, 1.54) is 35.1 Å². The van der Waals surface area contributed by atoms with Crippen molar-refractivity contribution in [3.05, 3.63) is 40.0 Å². The van der Waals surface area contributed by atoms with Crippen molar-refractivity contribution in [1.29, 1.82) is 0 Å². The van der Waals surface area contributed by atoms with Crippen LogP contribution in [0.1, 0.15) is 36.0 Å². The summed E-state index contributed by atoms with van der Waals surface area (Å²) in [5.74, 6) is 1.62. The fraction of sp³-hybridized carbons (Fsp3) is 0.444. The first kappa shape index (κ1) is 16.2. The number of fused-ring (bicyclic) bond motifs is 5. The van der Waals surface area contributed by atoms with Gasteiger partial charge in [-0.3, -0.25) is 4.68 Å². The van der Waals surface area contributed by atoms with Crippen LogP contribution in [-0.4, -0.2) is 29.4 Å². The van der Waals surface area contributed by atoms with E-state index < -0.39 is 0 Å². The van der Waals surface area contributed by atoms with Crippen LogP contribution in [0.5, 0.6) is 0 Å². The Labute approximate surface area is 159 Å². The van der Waals surface area contributed by atoms with Gasteiger partial charge in [-0.05, 0) is 30.7 Å². The number of aryl methyl sites for hydroxylation is 3. The molecule has 0 spiro atoms. The van der Waals surface area contributed by atoms with Crippen LogP contribution in [0.4, 0.5) is 0 Å². The number of rotatable bonds is 4. The Morgan fingerprint density at radius 3 is 3.12 bits per heavy atom. The molecule has 0 aliphatic heterocycles. The van der Waals surface area contributed by atoms with Crippen LogP contribution >= 0.6 is 22.9 Å². The fourth-order valence-corrected chi connectivity index (χ4v) is 5.27. The van der Waals surface area contributed by atoms with Gasteiger partial charge in [0.15, 0.2) is 11.5 Å². The van der Waals surface area contributed by atoms with E-state index in [0.717, 1.165) is 28.6 Å². The van der Waals surface area contributed by atoms with Gasteiger partial charge in [0.1, 0.15) is 11.2 Å². The zero-order chi connectivity index (χ0) is 17.7. The lowest BCUT2D eigenvalue weighted by atomic mass is 9.86. The molecule has 1 aliphatic carbocycles. The molecule has 0 bridgehead atoms. The summed E-state index contributed by atoms with van der Waals surface area (Å²) >= 11 is 7.76. The molecule has 0 radical (unpaired) electrons. The van der Waals surface area contributed by atoms with Gasteiger partial charge in [0.2, 0.25) is 0 Å². The van der Waals surface area contributed by atoms with Gasteiger partial charge in [0.25, 0.3) is 0 Å². The van der Waals surface area contributed by atoms with Crippen LogP contribution in [0.25, 0.3) is 15.9 Å². The van der Waals surface area contributed by atoms with Crippen LogP contribution in [0, 0.1) is 5.92 Å². The summed E-state index contributed by atoms with van der Waals surface area (Å²) in [5.41, 5.74) is 2.39. The molecule has 134 valence electrons. The van der Waals surface area contributed by atoms with Crippen LogP contribution in [0.15, 0.2) is 18.7 Å². The van der Waals surface area contributed by atoms with Crippen LogP contribution in [0.2, 0.25) is 5.02 Å². The highest BCUT2D eigenvalue weighted by atomic mass is 35.5. The van der Waals surface area contributed by atoms with Crippen LogP contribution < -0.4 is 0 Å². The van der Waals surface area contributed by atoms with Gasteiger partial charge in [-0.15, -0.1) is 16.4 Å². The van der Waals surface area contributed by atoms with Crippen molar-refractivity contribution in [2.24, 2.45) is 5.92 Å². The van der Waals surface area contributed by atoms with Crippen molar-refractivity contribution in [1.82, 2.24) is 29.4 Å². The Kier molecular flexibility index (Phi) is 3.94. The van der Waals surface area contributed by atoms with E-state index >= 15 is 0 Å². The first-order chi connectivity index (χ1) is 12.7. The van der Waals surface area contributed by atoms with Gasteiger partial charge in [0, 0.05) is 24.0 Å². The molecule has 0 saturated carbocycles. The lowest BCUT2D eigenvalue weighted by Crippen LogP contribution is -2.11. The van der Waals surface area contributed by atoms with Gasteiger partial charge in [-0.25, -0.2) is 14.5 Å². The number of hydrogen-bond donors (Lipinski definition) is 0. The Hall–Kier alpha value is -1.99. The molecule has 0 aromatic carbocycles. The third kappa shape index (κ3) is 2.70. The van der Waals surface area contributed by atoms with E-state index in [9.17, 15) is 0 Å². The molecule has 1 unspecified atom stereocenters. The molecule has 0 fully saturated rings. The summed E-state index contributed by atoms with van der Waals surface area (Å²) in [4.78, 5) is 12.1. The third-order valence-electron chi connectivity index (χ3n) is 5.28. The number of halogens is 1. The predicted molar refractivity (Wildman–Crippen MR) is 103 cm³/mol. The van der Waals surface area contributed by atoms with E-state index in [0.29, 0.717) is 18.0 Å². The van der Waals surface area contributed by atoms with Crippen molar-refractivity contribution >= 4 is 38.8 Å². The van der Waals surface area contributed by atoms with E-state index in [2.05, 4.69) is 22.1 Å². The predicted octanol–water partition coefficient (Wildman–Crippen LogP) is 3.95. The maximum atomic E-state index is 5.92. The topological polar surface area (TPSA) is 60.9 Å². The molecular formula is C18H19ClN6S. The molecule has 5 rings (SSSR count). The second-order valence-corrected chi connectivity index (χ2v) is 8.43. The van der Waals surface area contributed by atoms with Gasteiger partial charge < -0.3 is 0 Å². The molecule has 1 atom stereocenters. The smallest absolute Gasteiger partial charge is 0.167 e. The minimum Gasteiger partial charge on any atom is -0.271 e. The normalized spacial score (nSPS) is 17.2. The molecular weight excluding hydrogens is 368 g/mol. The number of hydrogen-bond acceptors (Lipinski definition) is 5. The average Bonchev–Trinajstić information content (AvgIpc) is 3.34. The lowest BCUT2D eigenvalue weighted by molar-refractivity contribution is 0.451. The Morgan fingerprint density at radius 1 is 1.38 bits per heavy atom. The minimum atomic E-state index is 0.647. The number of aromatic nitrogens is 6. The van der Waals surface area contributed by atoms with Crippen molar-refractivity contribution in [3.8, 4) is 0 Å². The van der Waals surface area contributed by atoms with Crippen molar-refractivity contribution in [3.63, 3.8) is 0 Å². The maximum absolute atomic E-state index is 5.92. The van der Waals surface area contributed by atoms with E-state index in [-0.39, 0.29) is 0 Å². The zero-order valence-electron chi connectivity index (χ0n) is 14.5. The van der Waals surface area contributed by atoms with Crippen molar-refractivity contribution in [2.45, 2.75) is 45.6 Å². The van der Waals surface area contributed by atoms with Gasteiger partial charge >= 0.3 is 0 Å². The first-order valence-corrected chi connectivity index (χ1v) is 10.2. The molecule has 4 heterocycles. The fourth-order valence-electron chi connectivity index (χ4n) is 3.82. The summed E-state index contributed by atoms with van der Waals surface area (Å²) in [5, 5.41) is 10.7. The molecule has 0 saturated heterocycles. The summed E-state index contributed by atoms with van der Waals surface area (Å²) in [6.07, 6.45) is 10.8. The second-order valence-electron chi connectivity index (χ2n) is 6.91. The maximum Gasteiger partial charge on any atom is 0.167 e. The minimum absolute atomic E-state index is 0.647. The van der Waals surface area contributed by atoms with Crippen molar-refractivity contribution < 1.29 is 0 Å². The molecule has 6 nitrogen and oxygen atoms in total. The highest BCUT2D eigenvalue weighted by Gasteiger charge is 2.24. The Bertz CT molecular complexity index is 1090. The van der Waals surface area contributed by atoms with Crippen LogP contribution in [0.3, 0.4) is 0 Å². The molecule has 26 heavy (non-hydrogen) atoms. The third-order valence-corrected chi connectivity index (χ3v) is 6.63. The van der Waals surface area contributed by atoms with Crippen molar-refractivity contribution in [2.75, 3.05) is 0 Å². The number of thiophene rings is 1. The van der Waals surface area contributed by atoms with E-state index in [1.54, 1.807) is 12.5 Å². The standard InChI is InChI=1S/C18H19ClN6S/c1-2-11-3-4-13-14(7-11)26-18-16(13)17-22-15(23-25(17)10-20-18)5-6-24-9-12(19)8-21-24/h8-11H,2-7H2,1H3. The highest BCUT2D eigenvalue weighted by Crippen LogP contribution is 2.39. The van der Waals surface area contributed by atoms with Gasteiger partial charge in [-0.1, -0.05) is 24.9 Å². The average molecular weight is 387 g/mol. The van der Waals surface area contributed by atoms with E-state index in [1.807, 2.05) is 26.7 Å². The van der Waals surface area contributed by atoms with Crippen LogP contribution in [-0.2, 0) is 25.8 Å². The molecule has 0 amide bonds. The molecule has 1 aliphatic rings. The largest absolute Gasteiger partial charge is 0.271 e. The Morgan fingerprint density at radius 2 is 2.31 bits per heavy atom. The summed E-state index contributed by atoms with van der Waals surface area (Å²) in [6, 6.07) is 0. The second kappa shape index (κ2) is 6.32. The summed E-state index contributed by atoms with van der Waals surface area (Å²) in [7, 11) is 0. The van der Waals surface area contributed by atoms with Gasteiger partial charge in [-0.2, -0.15) is 5.10 Å². The quantitative estimate of drug-likeness (QED) is 0.532. The molecule has 4 aromatic heterocycles. The highest BCUT2D eigenvalue weighted by molar-refractivity contribution is 7.19. The van der Waals surface area contributed by atoms with E-state index in [4.69, 9.17) is 16.6 Å². The lowest BCUT2D eigenvalue weighted by Gasteiger charge is -2.20.